The van der Waals surface area contributed by atoms with Crippen LogP contribution in [0, 0.1) is 0 Å². The highest BCUT2D eigenvalue weighted by Gasteiger charge is 2.22. The van der Waals surface area contributed by atoms with Crippen LogP contribution in [0.5, 0.6) is 11.5 Å². The molecular weight excluding hydrogens is 522 g/mol. The van der Waals surface area contributed by atoms with Gasteiger partial charge in [0.25, 0.3) is 0 Å². The molecule has 0 fully saturated rings. The second-order valence-electron chi connectivity index (χ2n) is 9.15. The molecule has 1 aromatic carbocycles. The average molecular weight is 568 g/mol. The van der Waals surface area contributed by atoms with Crippen LogP contribution < -0.4 is 14.8 Å². The Kier molecular flexibility index (Phi) is 18.6. The molecule has 0 aromatic heterocycles. The monoisotopic (exact) mass is 567 g/mol. The first-order valence-electron chi connectivity index (χ1n) is 14.1. The predicted molar refractivity (Wildman–Crippen MR) is 147 cm³/mol. The first-order valence-corrected chi connectivity index (χ1v) is 14.1. The maximum atomic E-state index is 12.4. The van der Waals surface area contributed by atoms with Crippen LogP contribution in [0.15, 0.2) is 18.2 Å². The number of hydrogen-bond donors (Lipinski definition) is 1. The minimum atomic E-state index is -0.943. The Morgan fingerprint density at radius 1 is 0.750 bits per heavy atom. The van der Waals surface area contributed by atoms with Crippen molar-refractivity contribution < 1.29 is 47.6 Å². The topological polar surface area (TPSA) is 136 Å². The Labute approximate surface area is 237 Å². The predicted octanol–water partition coefficient (Wildman–Crippen LogP) is 5.50. The first-order chi connectivity index (χ1) is 19.3. The summed E-state index contributed by atoms with van der Waals surface area (Å²) in [5, 5.41) is 3.02. The molecule has 0 aliphatic heterocycles. The summed E-state index contributed by atoms with van der Waals surface area (Å²) in [6.45, 7) is 6.79. The van der Waals surface area contributed by atoms with Crippen molar-refractivity contribution in [2.75, 3.05) is 33.5 Å². The molecule has 226 valence electrons. The lowest BCUT2D eigenvalue weighted by Crippen LogP contribution is -2.41. The minimum absolute atomic E-state index is 0.0312. The van der Waals surface area contributed by atoms with Gasteiger partial charge in [-0.15, -0.1) is 0 Å². The number of methoxy groups -OCH3 is 1. The fourth-order valence-electron chi connectivity index (χ4n) is 3.51. The van der Waals surface area contributed by atoms with Crippen molar-refractivity contribution in [3.05, 3.63) is 23.8 Å². The largest absolute Gasteiger partial charge is 0.513 e. The van der Waals surface area contributed by atoms with E-state index in [0.29, 0.717) is 24.8 Å². The van der Waals surface area contributed by atoms with Crippen molar-refractivity contribution in [1.82, 2.24) is 5.32 Å². The van der Waals surface area contributed by atoms with E-state index < -0.39 is 24.3 Å². The van der Waals surface area contributed by atoms with Crippen molar-refractivity contribution in [3.63, 3.8) is 0 Å². The van der Waals surface area contributed by atoms with Crippen LogP contribution in [0.2, 0.25) is 0 Å². The van der Waals surface area contributed by atoms with E-state index in [0.717, 1.165) is 38.5 Å². The van der Waals surface area contributed by atoms with E-state index in [1.807, 2.05) is 20.8 Å². The molecule has 1 rings (SSSR count). The van der Waals surface area contributed by atoms with Gasteiger partial charge in [0.2, 0.25) is 0 Å². The normalized spacial score (nSPS) is 11.3. The van der Waals surface area contributed by atoms with Gasteiger partial charge in [0.15, 0.2) is 11.5 Å². The minimum Gasteiger partial charge on any atom is -0.468 e. The molecule has 0 heterocycles. The van der Waals surface area contributed by atoms with Crippen LogP contribution in [0.4, 0.5) is 9.59 Å². The fourth-order valence-corrected chi connectivity index (χ4v) is 3.51. The third-order valence-corrected chi connectivity index (χ3v) is 5.75. The molecule has 0 bridgehead atoms. The Morgan fingerprint density at radius 2 is 1.35 bits per heavy atom. The average Bonchev–Trinajstić information content (AvgIpc) is 2.94. The zero-order valence-corrected chi connectivity index (χ0v) is 24.3. The molecular formula is C29H45NO10. The van der Waals surface area contributed by atoms with E-state index >= 15 is 0 Å². The van der Waals surface area contributed by atoms with E-state index in [4.69, 9.17) is 28.4 Å². The molecule has 1 aromatic rings. The van der Waals surface area contributed by atoms with Gasteiger partial charge in [-0.05, 0) is 43.4 Å². The molecule has 11 heteroatoms. The standard InChI is InChI=1S/C29H45NO10/c1-5-8-11-17-37-28(33)39-24-15-14-22(21-25(24)40-29(34)38-18-12-9-6-2)20-23(27(32)35-4)30-16-19-36-26(31)13-10-7-3/h14-15,21,23,30H,5-13,16-20H2,1-4H3/t23-/m0/s1. The Balaban J connectivity index is 2.92. The molecule has 1 atom stereocenters. The van der Waals surface area contributed by atoms with Gasteiger partial charge < -0.3 is 33.7 Å². The van der Waals surface area contributed by atoms with Gasteiger partial charge >= 0.3 is 24.2 Å². The lowest BCUT2D eigenvalue weighted by Gasteiger charge is -2.18. The third kappa shape index (κ3) is 15.3. The number of rotatable bonds is 20. The maximum absolute atomic E-state index is 12.4. The molecule has 0 amide bonds. The van der Waals surface area contributed by atoms with Crippen molar-refractivity contribution in [2.45, 2.75) is 91.0 Å². The van der Waals surface area contributed by atoms with Gasteiger partial charge in [-0.3, -0.25) is 9.59 Å². The van der Waals surface area contributed by atoms with Gasteiger partial charge in [0.1, 0.15) is 12.6 Å². The SMILES string of the molecule is CCCCCOC(=O)Oc1ccc(C[C@H](NCCOC(=O)CCCC)C(=O)OC)cc1OC(=O)OCCCCC. The summed E-state index contributed by atoms with van der Waals surface area (Å²) in [5.41, 5.74) is 0.584. The molecule has 1 N–H and O–H groups in total. The highest BCUT2D eigenvalue weighted by Crippen LogP contribution is 2.30. The maximum Gasteiger partial charge on any atom is 0.513 e. The Bertz CT molecular complexity index is 905. The molecule has 0 aliphatic rings. The number of ether oxygens (including phenoxy) is 6. The van der Waals surface area contributed by atoms with E-state index in [2.05, 4.69) is 5.32 Å². The number of carbonyl (C=O) groups is 4. The molecule has 0 spiro atoms. The second-order valence-corrected chi connectivity index (χ2v) is 9.15. The van der Waals surface area contributed by atoms with E-state index in [-0.39, 0.29) is 50.3 Å². The smallest absolute Gasteiger partial charge is 0.468 e. The second kappa shape index (κ2) is 21.5. The summed E-state index contributed by atoms with van der Waals surface area (Å²) in [4.78, 5) is 48.6. The fraction of sp³-hybridized carbons (Fsp3) is 0.655. The molecule has 0 aliphatic carbocycles. The summed E-state index contributed by atoms with van der Waals surface area (Å²) in [7, 11) is 1.27. The summed E-state index contributed by atoms with van der Waals surface area (Å²) in [5.74, 6) is -0.902. The molecule has 0 unspecified atom stereocenters. The number of hydrogen-bond acceptors (Lipinski definition) is 11. The summed E-state index contributed by atoms with van der Waals surface area (Å²) in [6, 6.07) is 3.78. The van der Waals surface area contributed by atoms with Crippen LogP contribution >= 0.6 is 0 Å². The number of benzene rings is 1. The number of esters is 2. The summed E-state index contributed by atoms with van der Waals surface area (Å²) in [6.07, 6.45) is 5.44. The van der Waals surface area contributed by atoms with E-state index in [1.165, 1.54) is 19.2 Å². The van der Waals surface area contributed by atoms with Crippen molar-refractivity contribution >= 4 is 24.2 Å². The van der Waals surface area contributed by atoms with Gasteiger partial charge in [0, 0.05) is 13.0 Å². The van der Waals surface area contributed by atoms with Crippen molar-refractivity contribution in [2.24, 2.45) is 0 Å². The van der Waals surface area contributed by atoms with Gasteiger partial charge in [-0.25, -0.2) is 9.59 Å². The van der Waals surface area contributed by atoms with Gasteiger partial charge in [-0.2, -0.15) is 0 Å². The lowest BCUT2D eigenvalue weighted by molar-refractivity contribution is -0.144. The highest BCUT2D eigenvalue weighted by molar-refractivity contribution is 5.76. The zero-order chi connectivity index (χ0) is 29.6. The molecule has 0 radical (unpaired) electrons. The molecule has 40 heavy (non-hydrogen) atoms. The number of unbranched alkanes of at least 4 members (excludes halogenated alkanes) is 5. The lowest BCUT2D eigenvalue weighted by atomic mass is 10.1. The third-order valence-electron chi connectivity index (χ3n) is 5.75. The van der Waals surface area contributed by atoms with Crippen LogP contribution in [-0.4, -0.2) is 63.8 Å². The number of nitrogens with one attached hydrogen (secondary N) is 1. The first kappa shape index (κ1) is 34.7. The molecule has 0 saturated carbocycles. The quantitative estimate of drug-likeness (QED) is 0.0925. The molecule has 0 saturated heterocycles. The zero-order valence-electron chi connectivity index (χ0n) is 24.3. The molecule has 11 nitrogen and oxygen atoms in total. The summed E-state index contributed by atoms with van der Waals surface area (Å²) < 4.78 is 30.9. The van der Waals surface area contributed by atoms with Crippen molar-refractivity contribution in [1.29, 1.82) is 0 Å². The van der Waals surface area contributed by atoms with Crippen LogP contribution in [0.1, 0.15) is 84.1 Å². The van der Waals surface area contributed by atoms with E-state index in [1.54, 1.807) is 6.07 Å². The van der Waals surface area contributed by atoms with Gasteiger partial charge in [-0.1, -0.05) is 58.9 Å². The van der Waals surface area contributed by atoms with Crippen LogP contribution in [0.3, 0.4) is 0 Å². The van der Waals surface area contributed by atoms with Crippen molar-refractivity contribution in [3.8, 4) is 11.5 Å². The van der Waals surface area contributed by atoms with Crippen LogP contribution in [0.25, 0.3) is 0 Å². The Morgan fingerprint density at radius 3 is 1.93 bits per heavy atom. The van der Waals surface area contributed by atoms with Gasteiger partial charge in [0.05, 0.1) is 20.3 Å². The Hall–Kier alpha value is -3.34. The van der Waals surface area contributed by atoms with E-state index in [9.17, 15) is 19.2 Å². The number of carbonyl (C=O) groups excluding carboxylic acids is 4. The van der Waals surface area contributed by atoms with Crippen LogP contribution in [-0.2, 0) is 35.0 Å². The summed E-state index contributed by atoms with van der Waals surface area (Å²) >= 11 is 0. The highest BCUT2D eigenvalue weighted by atomic mass is 16.7.